The third-order valence-corrected chi connectivity index (χ3v) is 5.70. The van der Waals surface area contributed by atoms with E-state index < -0.39 is 23.7 Å². The summed E-state index contributed by atoms with van der Waals surface area (Å²) >= 11 is 0. The van der Waals surface area contributed by atoms with Crippen LogP contribution >= 0.6 is 0 Å². The van der Waals surface area contributed by atoms with E-state index in [1.165, 1.54) is 7.11 Å². The zero-order valence-electron chi connectivity index (χ0n) is 19.6. The lowest BCUT2D eigenvalue weighted by molar-refractivity contribution is -0.136. The van der Waals surface area contributed by atoms with Gasteiger partial charge >= 0.3 is 17.7 Å². The largest absolute Gasteiger partial charge is 0.497 e. The van der Waals surface area contributed by atoms with Crippen LogP contribution in [0.1, 0.15) is 24.5 Å². The Morgan fingerprint density at radius 3 is 2.46 bits per heavy atom. The lowest BCUT2D eigenvalue weighted by Gasteiger charge is -2.17. The number of hydrogen-bond donors (Lipinski definition) is 1. The first-order chi connectivity index (χ1) is 16.9. The molecule has 4 aromatic rings. The SMILES string of the molecule is CC[C@H](NC(=O)OCc1ccccc1)C(=O)Oc1ccc2c(oc(=O)c3cc(OC)ccc32)c1C. The molecule has 180 valence electrons. The molecule has 0 fully saturated rings. The second-order valence-electron chi connectivity index (χ2n) is 7.95. The average Bonchev–Trinajstić information content (AvgIpc) is 2.88. The highest BCUT2D eigenvalue weighted by Gasteiger charge is 2.23. The molecule has 1 N–H and O–H groups in total. The van der Waals surface area contributed by atoms with Crippen molar-refractivity contribution in [3.63, 3.8) is 0 Å². The lowest BCUT2D eigenvalue weighted by atomic mass is 10.0. The van der Waals surface area contributed by atoms with Gasteiger partial charge in [0.2, 0.25) is 0 Å². The molecule has 1 amide bonds. The van der Waals surface area contributed by atoms with E-state index >= 15 is 0 Å². The highest BCUT2D eigenvalue weighted by atomic mass is 16.6. The highest BCUT2D eigenvalue weighted by Crippen LogP contribution is 2.32. The number of amides is 1. The normalized spacial score (nSPS) is 11.7. The molecular weight excluding hydrogens is 450 g/mol. The van der Waals surface area contributed by atoms with Crippen LogP contribution < -0.4 is 20.4 Å². The Bertz CT molecular complexity index is 1440. The quantitative estimate of drug-likeness (QED) is 0.176. The summed E-state index contributed by atoms with van der Waals surface area (Å²) in [7, 11) is 1.52. The second-order valence-corrected chi connectivity index (χ2v) is 7.95. The molecule has 35 heavy (non-hydrogen) atoms. The van der Waals surface area contributed by atoms with Crippen molar-refractivity contribution in [1.82, 2.24) is 5.32 Å². The first kappa shape index (κ1) is 23.8. The molecule has 0 radical (unpaired) electrons. The van der Waals surface area contributed by atoms with Gasteiger partial charge in [0.1, 0.15) is 29.7 Å². The fraction of sp³-hybridized carbons (Fsp3) is 0.222. The summed E-state index contributed by atoms with van der Waals surface area (Å²) in [5.74, 6) is 0.128. The van der Waals surface area contributed by atoms with E-state index in [9.17, 15) is 14.4 Å². The minimum absolute atomic E-state index is 0.0841. The molecule has 4 rings (SSSR count). The van der Waals surface area contributed by atoms with Crippen molar-refractivity contribution in [2.75, 3.05) is 7.11 Å². The number of esters is 1. The van der Waals surface area contributed by atoms with Gasteiger partial charge in [0, 0.05) is 16.3 Å². The number of ether oxygens (including phenoxy) is 3. The van der Waals surface area contributed by atoms with Gasteiger partial charge in [-0.3, -0.25) is 0 Å². The Hall–Kier alpha value is -4.33. The van der Waals surface area contributed by atoms with E-state index in [1.807, 2.05) is 30.3 Å². The molecule has 1 heterocycles. The predicted molar refractivity (Wildman–Crippen MR) is 131 cm³/mol. The van der Waals surface area contributed by atoms with Crippen LogP contribution in [0.3, 0.4) is 0 Å². The third kappa shape index (κ3) is 5.11. The first-order valence-corrected chi connectivity index (χ1v) is 11.1. The summed E-state index contributed by atoms with van der Waals surface area (Å²) in [6, 6.07) is 16.8. The smallest absolute Gasteiger partial charge is 0.408 e. The fourth-order valence-corrected chi connectivity index (χ4v) is 3.74. The van der Waals surface area contributed by atoms with Crippen LogP contribution in [0.4, 0.5) is 4.79 Å². The Labute approximate surface area is 201 Å². The molecule has 0 saturated heterocycles. The number of carbonyl (C=O) groups is 2. The van der Waals surface area contributed by atoms with E-state index in [2.05, 4.69) is 5.32 Å². The van der Waals surface area contributed by atoms with Gasteiger partial charge in [-0.25, -0.2) is 14.4 Å². The molecule has 8 nitrogen and oxygen atoms in total. The number of methoxy groups -OCH3 is 1. The van der Waals surface area contributed by atoms with Crippen LogP contribution in [-0.2, 0) is 16.1 Å². The zero-order chi connectivity index (χ0) is 24.9. The van der Waals surface area contributed by atoms with Gasteiger partial charge in [0.15, 0.2) is 0 Å². The summed E-state index contributed by atoms with van der Waals surface area (Å²) in [4.78, 5) is 37.6. The first-order valence-electron chi connectivity index (χ1n) is 11.1. The fourth-order valence-electron chi connectivity index (χ4n) is 3.74. The number of alkyl carbamates (subject to hydrolysis) is 1. The van der Waals surface area contributed by atoms with E-state index in [-0.39, 0.29) is 12.4 Å². The number of aryl methyl sites for hydroxylation is 1. The topological polar surface area (TPSA) is 104 Å². The number of hydrogen-bond acceptors (Lipinski definition) is 7. The van der Waals surface area contributed by atoms with Crippen molar-refractivity contribution >= 4 is 33.8 Å². The minimum atomic E-state index is -0.913. The van der Waals surface area contributed by atoms with E-state index in [1.54, 1.807) is 44.2 Å². The van der Waals surface area contributed by atoms with Crippen LogP contribution in [0, 0.1) is 6.92 Å². The average molecular weight is 475 g/mol. The Morgan fingerprint density at radius 1 is 1.00 bits per heavy atom. The predicted octanol–water partition coefficient (Wildman–Crippen LogP) is 4.87. The molecule has 1 aromatic heterocycles. The van der Waals surface area contributed by atoms with Crippen molar-refractivity contribution in [2.45, 2.75) is 32.9 Å². The summed E-state index contributed by atoms with van der Waals surface area (Å²) in [5, 5.41) is 4.33. The molecule has 8 heteroatoms. The van der Waals surface area contributed by atoms with Crippen LogP contribution in [0.2, 0.25) is 0 Å². The van der Waals surface area contributed by atoms with Crippen LogP contribution in [0.25, 0.3) is 21.7 Å². The molecule has 3 aromatic carbocycles. The van der Waals surface area contributed by atoms with Crippen molar-refractivity contribution < 1.29 is 28.2 Å². The molecule has 0 aliphatic heterocycles. The lowest BCUT2D eigenvalue weighted by Crippen LogP contribution is -2.42. The van der Waals surface area contributed by atoms with Gasteiger partial charge in [-0.1, -0.05) is 37.3 Å². The monoisotopic (exact) mass is 475 g/mol. The van der Waals surface area contributed by atoms with Gasteiger partial charge in [-0.15, -0.1) is 0 Å². The van der Waals surface area contributed by atoms with E-state index in [0.717, 1.165) is 5.56 Å². The standard InChI is InChI=1S/C27H25NO7/c1-4-22(28-27(31)33-15-17-8-6-5-7-9-17)26(30)34-23-13-12-20-19-11-10-18(32-3)14-21(19)25(29)35-24(20)16(23)2/h5-14,22H,4,15H2,1-3H3,(H,28,31)/t22-/m0/s1. The molecular formula is C27H25NO7. The van der Waals surface area contributed by atoms with Gasteiger partial charge in [-0.05, 0) is 49.2 Å². The number of benzene rings is 3. The number of carbonyl (C=O) groups excluding carboxylic acids is 2. The van der Waals surface area contributed by atoms with Crippen molar-refractivity contribution in [1.29, 1.82) is 0 Å². The molecule has 0 bridgehead atoms. The summed E-state index contributed by atoms with van der Waals surface area (Å²) in [5.41, 5.74) is 1.12. The molecule has 1 atom stereocenters. The zero-order valence-corrected chi connectivity index (χ0v) is 19.6. The summed E-state index contributed by atoms with van der Waals surface area (Å²) < 4.78 is 21.5. The maximum absolute atomic E-state index is 12.8. The Balaban J connectivity index is 1.52. The van der Waals surface area contributed by atoms with Gasteiger partial charge in [-0.2, -0.15) is 0 Å². The van der Waals surface area contributed by atoms with E-state index in [0.29, 0.717) is 39.5 Å². The van der Waals surface area contributed by atoms with Gasteiger partial charge < -0.3 is 23.9 Å². The Kier molecular flexibility index (Phi) is 7.01. The molecule has 0 spiro atoms. The van der Waals surface area contributed by atoms with Crippen LogP contribution in [0.15, 0.2) is 69.9 Å². The van der Waals surface area contributed by atoms with Gasteiger partial charge in [0.25, 0.3) is 0 Å². The van der Waals surface area contributed by atoms with Crippen LogP contribution in [-0.4, -0.2) is 25.2 Å². The van der Waals surface area contributed by atoms with E-state index in [4.69, 9.17) is 18.6 Å². The number of rotatable bonds is 7. The maximum atomic E-state index is 12.8. The van der Waals surface area contributed by atoms with Crippen LogP contribution in [0.5, 0.6) is 11.5 Å². The third-order valence-electron chi connectivity index (χ3n) is 5.70. The summed E-state index contributed by atoms with van der Waals surface area (Å²) in [6.45, 7) is 3.53. The highest BCUT2D eigenvalue weighted by molar-refractivity contribution is 6.06. The maximum Gasteiger partial charge on any atom is 0.408 e. The van der Waals surface area contributed by atoms with Gasteiger partial charge in [0.05, 0.1) is 12.5 Å². The molecule has 0 aliphatic rings. The van der Waals surface area contributed by atoms with Crippen molar-refractivity contribution in [3.8, 4) is 11.5 Å². The minimum Gasteiger partial charge on any atom is -0.497 e. The second kappa shape index (κ2) is 10.3. The molecule has 0 saturated carbocycles. The summed E-state index contributed by atoms with van der Waals surface area (Å²) in [6.07, 6.45) is -0.422. The van der Waals surface area contributed by atoms with Crippen molar-refractivity contribution in [3.05, 3.63) is 82.2 Å². The molecule has 0 aliphatic carbocycles. The van der Waals surface area contributed by atoms with Crippen molar-refractivity contribution in [2.24, 2.45) is 0 Å². The molecule has 0 unspecified atom stereocenters. The number of fused-ring (bicyclic) bond motifs is 3. The number of nitrogens with one attached hydrogen (secondary N) is 1. The Morgan fingerprint density at radius 2 is 1.74 bits per heavy atom.